The van der Waals surface area contributed by atoms with Crippen molar-refractivity contribution in [2.75, 3.05) is 5.75 Å². The van der Waals surface area contributed by atoms with Crippen molar-refractivity contribution in [1.29, 1.82) is 0 Å². The van der Waals surface area contributed by atoms with Crippen LogP contribution < -0.4 is 10.6 Å². The summed E-state index contributed by atoms with van der Waals surface area (Å²) in [6, 6.07) is 7.31. The molecule has 1 fully saturated rings. The zero-order chi connectivity index (χ0) is 19.6. The minimum atomic E-state index is -1.10. The summed E-state index contributed by atoms with van der Waals surface area (Å²) in [6.45, 7) is 0. The largest absolute Gasteiger partial charge is 0.480 e. The highest BCUT2D eigenvalue weighted by Gasteiger charge is 2.29. The van der Waals surface area contributed by atoms with Crippen molar-refractivity contribution in [3.63, 3.8) is 0 Å². The molecule has 2 rings (SSSR count). The van der Waals surface area contributed by atoms with Gasteiger partial charge >= 0.3 is 5.97 Å². The molecule has 3 N–H and O–H groups in total. The van der Waals surface area contributed by atoms with E-state index in [9.17, 15) is 19.5 Å². The molecule has 148 valence electrons. The number of hydrogen-bond acceptors (Lipinski definition) is 4. The van der Waals surface area contributed by atoms with Gasteiger partial charge in [0.25, 0.3) is 0 Å². The second-order valence-corrected chi connectivity index (χ2v) is 7.44. The van der Waals surface area contributed by atoms with E-state index in [2.05, 4.69) is 23.3 Å². The molecule has 1 aromatic rings. The van der Waals surface area contributed by atoms with Crippen LogP contribution in [-0.4, -0.2) is 40.7 Å². The molecule has 0 heterocycles. The number of carbonyl (C=O) groups excluding carboxylic acids is 2. The van der Waals surface area contributed by atoms with E-state index in [0.717, 1.165) is 37.7 Å². The van der Waals surface area contributed by atoms with Crippen molar-refractivity contribution >= 4 is 30.4 Å². The van der Waals surface area contributed by atoms with E-state index in [1.165, 1.54) is 0 Å². The molecule has 0 spiro atoms. The second-order valence-electron chi connectivity index (χ2n) is 7.00. The Morgan fingerprint density at radius 3 is 2.30 bits per heavy atom. The minimum Gasteiger partial charge on any atom is -0.480 e. The third kappa shape index (κ3) is 6.90. The smallest absolute Gasteiger partial charge is 0.326 e. The minimum absolute atomic E-state index is 0.0615. The third-order valence-corrected chi connectivity index (χ3v) is 5.18. The average Bonchev–Trinajstić information content (AvgIpc) is 2.68. The Bertz CT molecular complexity index is 632. The van der Waals surface area contributed by atoms with Gasteiger partial charge in [-0.25, -0.2) is 4.79 Å². The summed E-state index contributed by atoms with van der Waals surface area (Å²) < 4.78 is 0. The number of amides is 2. The van der Waals surface area contributed by atoms with E-state index in [0.29, 0.717) is 12.2 Å². The maximum atomic E-state index is 12.6. The van der Waals surface area contributed by atoms with Crippen LogP contribution in [0.3, 0.4) is 0 Å². The van der Waals surface area contributed by atoms with E-state index in [4.69, 9.17) is 0 Å². The normalized spacial score (nSPS) is 16.9. The summed E-state index contributed by atoms with van der Waals surface area (Å²) in [5.74, 6) is -1.34. The molecule has 1 aromatic carbocycles. The first-order chi connectivity index (χ1) is 13.0. The molecule has 0 aliphatic heterocycles. The molecule has 0 radical (unpaired) electrons. The van der Waals surface area contributed by atoms with E-state index in [1.54, 1.807) is 0 Å². The molecule has 27 heavy (non-hydrogen) atoms. The Hall–Kier alpha value is -2.02. The fourth-order valence-corrected chi connectivity index (χ4v) is 3.63. The Labute approximate surface area is 165 Å². The number of benzene rings is 1. The highest BCUT2D eigenvalue weighted by molar-refractivity contribution is 7.80. The van der Waals surface area contributed by atoms with Crippen LogP contribution in [0.4, 0.5) is 0 Å². The fourth-order valence-electron chi connectivity index (χ4n) is 3.37. The maximum absolute atomic E-state index is 12.6. The molecule has 1 aliphatic rings. The van der Waals surface area contributed by atoms with E-state index in [-0.39, 0.29) is 18.2 Å². The van der Waals surface area contributed by atoms with Gasteiger partial charge in [-0.15, -0.1) is 0 Å². The van der Waals surface area contributed by atoms with Crippen LogP contribution in [0.2, 0.25) is 0 Å². The van der Waals surface area contributed by atoms with Crippen LogP contribution in [-0.2, 0) is 20.8 Å². The second kappa shape index (κ2) is 11.0. The number of carbonyl (C=O) groups is 3. The summed E-state index contributed by atoms with van der Waals surface area (Å²) in [5, 5.41) is 14.8. The van der Waals surface area contributed by atoms with Gasteiger partial charge in [0.05, 0.1) is 0 Å². The van der Waals surface area contributed by atoms with Gasteiger partial charge in [-0.05, 0) is 30.6 Å². The van der Waals surface area contributed by atoms with Gasteiger partial charge in [0.1, 0.15) is 12.1 Å². The molecule has 0 bridgehead atoms. The van der Waals surface area contributed by atoms with Crippen molar-refractivity contribution in [1.82, 2.24) is 10.6 Å². The van der Waals surface area contributed by atoms with Crippen LogP contribution in [0.5, 0.6) is 0 Å². The molecule has 1 aliphatic carbocycles. The lowest BCUT2D eigenvalue weighted by molar-refractivity contribution is -0.142. The van der Waals surface area contributed by atoms with Gasteiger partial charge in [0, 0.05) is 12.3 Å². The Kier molecular flexibility index (Phi) is 8.64. The van der Waals surface area contributed by atoms with Crippen molar-refractivity contribution in [3.8, 4) is 0 Å². The predicted molar refractivity (Wildman–Crippen MR) is 107 cm³/mol. The standard InChI is InChI=1S/C20H28N2O4S/c23-18(15-9-5-2-6-10-15)21-16(11-12-27)19(24)22-17(20(25)26)13-14-7-3-1-4-8-14/h1,3-4,7-8,15-17,27H,2,5-6,9-13H2,(H,21,23)(H,22,24)(H,25,26)/t16?,17-/m1/s1. The molecule has 7 heteroatoms. The van der Waals surface area contributed by atoms with E-state index in [1.807, 2.05) is 30.3 Å². The first-order valence-electron chi connectivity index (χ1n) is 9.49. The molecular weight excluding hydrogens is 364 g/mol. The zero-order valence-electron chi connectivity index (χ0n) is 15.4. The molecule has 6 nitrogen and oxygen atoms in total. The number of rotatable bonds is 9. The Morgan fingerprint density at radius 1 is 1.04 bits per heavy atom. The third-order valence-electron chi connectivity index (χ3n) is 4.92. The lowest BCUT2D eigenvalue weighted by atomic mass is 9.88. The number of nitrogens with one attached hydrogen (secondary N) is 2. The van der Waals surface area contributed by atoms with Crippen molar-refractivity contribution in [2.24, 2.45) is 5.92 Å². The van der Waals surface area contributed by atoms with Crippen LogP contribution in [0, 0.1) is 5.92 Å². The fraction of sp³-hybridized carbons (Fsp3) is 0.550. The molecule has 2 atom stereocenters. The predicted octanol–water partition coefficient (Wildman–Crippen LogP) is 2.18. The van der Waals surface area contributed by atoms with Crippen molar-refractivity contribution in [3.05, 3.63) is 35.9 Å². The SMILES string of the molecule is O=C(NC(CCS)C(=O)N[C@H](Cc1ccccc1)C(=O)O)C1CCCCC1. The molecule has 1 unspecified atom stereocenters. The number of carboxylic acids is 1. The Balaban J connectivity index is 1.98. The first kappa shape index (κ1) is 21.3. The van der Waals surface area contributed by atoms with Gasteiger partial charge in [-0.2, -0.15) is 12.6 Å². The van der Waals surface area contributed by atoms with Gasteiger partial charge in [0.15, 0.2) is 0 Å². The van der Waals surface area contributed by atoms with Gasteiger partial charge in [-0.1, -0.05) is 49.6 Å². The molecule has 1 saturated carbocycles. The molecule has 2 amide bonds. The zero-order valence-corrected chi connectivity index (χ0v) is 16.3. The van der Waals surface area contributed by atoms with Crippen LogP contribution in [0.1, 0.15) is 44.1 Å². The van der Waals surface area contributed by atoms with Gasteiger partial charge in [-0.3, -0.25) is 9.59 Å². The molecular formula is C20H28N2O4S. The molecule has 0 saturated heterocycles. The lowest BCUT2D eigenvalue weighted by Gasteiger charge is -2.25. The van der Waals surface area contributed by atoms with Crippen molar-refractivity contribution in [2.45, 2.75) is 57.0 Å². The quantitative estimate of drug-likeness (QED) is 0.485. The van der Waals surface area contributed by atoms with E-state index < -0.39 is 24.0 Å². The number of thiol groups is 1. The summed E-state index contributed by atoms with van der Waals surface area (Å²) in [6.07, 6.45) is 5.42. The Morgan fingerprint density at radius 2 is 1.70 bits per heavy atom. The summed E-state index contributed by atoms with van der Waals surface area (Å²) in [5.41, 5.74) is 0.821. The van der Waals surface area contributed by atoms with Crippen LogP contribution in [0.15, 0.2) is 30.3 Å². The average molecular weight is 393 g/mol. The highest BCUT2D eigenvalue weighted by atomic mass is 32.1. The summed E-state index contributed by atoms with van der Waals surface area (Å²) in [7, 11) is 0. The summed E-state index contributed by atoms with van der Waals surface area (Å²) >= 11 is 4.17. The van der Waals surface area contributed by atoms with Gasteiger partial charge < -0.3 is 15.7 Å². The maximum Gasteiger partial charge on any atom is 0.326 e. The van der Waals surface area contributed by atoms with Crippen LogP contribution in [0.25, 0.3) is 0 Å². The highest BCUT2D eigenvalue weighted by Crippen LogP contribution is 2.23. The topological polar surface area (TPSA) is 95.5 Å². The number of carboxylic acid groups (broad SMARTS) is 1. The summed E-state index contributed by atoms with van der Waals surface area (Å²) in [4.78, 5) is 36.7. The first-order valence-corrected chi connectivity index (χ1v) is 10.1. The van der Waals surface area contributed by atoms with E-state index >= 15 is 0 Å². The number of aliphatic carboxylic acids is 1. The molecule has 0 aromatic heterocycles. The van der Waals surface area contributed by atoms with Crippen LogP contribution >= 0.6 is 12.6 Å². The lowest BCUT2D eigenvalue weighted by Crippen LogP contribution is -2.53. The van der Waals surface area contributed by atoms with Crippen molar-refractivity contribution < 1.29 is 19.5 Å². The number of hydrogen-bond donors (Lipinski definition) is 4. The monoisotopic (exact) mass is 392 g/mol. The van der Waals surface area contributed by atoms with Gasteiger partial charge in [0.2, 0.25) is 11.8 Å².